The summed E-state index contributed by atoms with van der Waals surface area (Å²) in [5.41, 5.74) is 7.18. The molecule has 3 N–H and O–H groups in total. The number of benzene rings is 1. The zero-order valence-corrected chi connectivity index (χ0v) is 8.43. The van der Waals surface area contributed by atoms with Gasteiger partial charge in [0.25, 0.3) is 0 Å². The van der Waals surface area contributed by atoms with E-state index in [1.165, 1.54) is 0 Å². The minimum Gasteiger partial charge on any atom is -0.388 e. The van der Waals surface area contributed by atoms with Gasteiger partial charge in [-0.3, -0.25) is 4.98 Å². The van der Waals surface area contributed by atoms with Crippen LogP contribution in [0.3, 0.4) is 0 Å². The molecule has 1 aromatic carbocycles. The lowest BCUT2D eigenvalue weighted by Gasteiger charge is -2.09. The number of fused-ring (bicyclic) bond motifs is 1. The number of nitrogens with zero attached hydrogens (tertiary/aromatic N) is 1. The van der Waals surface area contributed by atoms with Crippen LogP contribution >= 0.6 is 0 Å². The van der Waals surface area contributed by atoms with E-state index in [9.17, 15) is 5.11 Å². The molecular weight excluding hydrogens is 188 g/mol. The normalized spacial score (nSPS) is 12.9. The van der Waals surface area contributed by atoms with Crippen molar-refractivity contribution in [3.05, 3.63) is 42.1 Å². The highest BCUT2D eigenvalue weighted by Crippen LogP contribution is 2.19. The van der Waals surface area contributed by atoms with Crippen molar-refractivity contribution in [3.63, 3.8) is 0 Å². The topological polar surface area (TPSA) is 59.1 Å². The third-order valence-corrected chi connectivity index (χ3v) is 2.44. The van der Waals surface area contributed by atoms with Crippen molar-refractivity contribution < 1.29 is 5.11 Å². The maximum absolute atomic E-state index is 9.76. The van der Waals surface area contributed by atoms with Gasteiger partial charge in [-0.25, -0.2) is 0 Å². The molecule has 2 rings (SSSR count). The maximum atomic E-state index is 9.76. The Kier molecular flexibility index (Phi) is 2.94. The molecule has 0 amide bonds. The van der Waals surface area contributed by atoms with Crippen LogP contribution in [0.25, 0.3) is 10.9 Å². The van der Waals surface area contributed by atoms with Crippen LogP contribution < -0.4 is 5.73 Å². The fourth-order valence-electron chi connectivity index (χ4n) is 1.59. The van der Waals surface area contributed by atoms with Crippen LogP contribution in [0, 0.1) is 0 Å². The van der Waals surface area contributed by atoms with E-state index in [0.29, 0.717) is 13.0 Å². The molecule has 15 heavy (non-hydrogen) atoms. The minimum absolute atomic E-state index is 0.480. The summed E-state index contributed by atoms with van der Waals surface area (Å²) in [5.74, 6) is 0. The van der Waals surface area contributed by atoms with Crippen molar-refractivity contribution >= 4 is 10.9 Å². The van der Waals surface area contributed by atoms with E-state index in [0.717, 1.165) is 16.5 Å². The molecule has 0 saturated carbocycles. The van der Waals surface area contributed by atoms with Gasteiger partial charge in [0.1, 0.15) is 0 Å². The highest BCUT2D eigenvalue weighted by atomic mass is 16.3. The summed E-state index contributed by atoms with van der Waals surface area (Å²) in [5, 5.41) is 10.8. The molecule has 78 valence electrons. The quantitative estimate of drug-likeness (QED) is 0.795. The van der Waals surface area contributed by atoms with Crippen LogP contribution in [0.15, 0.2) is 36.5 Å². The van der Waals surface area contributed by atoms with Crippen LogP contribution in [0.2, 0.25) is 0 Å². The first kappa shape index (κ1) is 10.1. The van der Waals surface area contributed by atoms with Gasteiger partial charge >= 0.3 is 0 Å². The third-order valence-electron chi connectivity index (χ3n) is 2.44. The molecule has 0 bridgehead atoms. The zero-order valence-electron chi connectivity index (χ0n) is 8.43. The first-order valence-corrected chi connectivity index (χ1v) is 5.04. The van der Waals surface area contributed by atoms with Gasteiger partial charge in [0.05, 0.1) is 11.6 Å². The van der Waals surface area contributed by atoms with E-state index in [-0.39, 0.29) is 0 Å². The highest BCUT2D eigenvalue weighted by molar-refractivity contribution is 5.78. The van der Waals surface area contributed by atoms with E-state index >= 15 is 0 Å². The molecule has 1 heterocycles. The van der Waals surface area contributed by atoms with Gasteiger partial charge in [-0.1, -0.05) is 18.2 Å². The summed E-state index contributed by atoms with van der Waals surface area (Å²) < 4.78 is 0. The molecule has 0 aliphatic carbocycles. The Morgan fingerprint density at radius 3 is 2.93 bits per heavy atom. The summed E-state index contributed by atoms with van der Waals surface area (Å²) in [6.07, 6.45) is 1.77. The molecule has 1 aromatic heterocycles. The molecule has 0 saturated heterocycles. The van der Waals surface area contributed by atoms with E-state index < -0.39 is 6.10 Å². The fraction of sp³-hybridized carbons (Fsp3) is 0.250. The number of aromatic nitrogens is 1. The van der Waals surface area contributed by atoms with Crippen molar-refractivity contribution in [1.29, 1.82) is 0 Å². The molecule has 1 atom stereocenters. The number of aliphatic hydroxyl groups is 1. The molecular formula is C12H14N2O. The first-order valence-electron chi connectivity index (χ1n) is 5.04. The third kappa shape index (κ3) is 2.14. The summed E-state index contributed by atoms with van der Waals surface area (Å²) in [4.78, 5) is 4.28. The van der Waals surface area contributed by atoms with Gasteiger partial charge in [0, 0.05) is 11.6 Å². The molecule has 0 fully saturated rings. The molecule has 0 radical (unpaired) electrons. The number of rotatable bonds is 3. The van der Waals surface area contributed by atoms with Crippen molar-refractivity contribution in [2.75, 3.05) is 6.54 Å². The zero-order chi connectivity index (χ0) is 10.7. The lowest BCUT2D eigenvalue weighted by Crippen LogP contribution is -2.06. The van der Waals surface area contributed by atoms with E-state index in [1.807, 2.05) is 30.3 Å². The van der Waals surface area contributed by atoms with E-state index in [4.69, 9.17) is 5.73 Å². The van der Waals surface area contributed by atoms with Crippen LogP contribution in [0.5, 0.6) is 0 Å². The maximum Gasteiger partial charge on any atom is 0.0817 e. The molecule has 0 spiro atoms. The van der Waals surface area contributed by atoms with Crippen LogP contribution in [-0.2, 0) is 0 Å². The van der Waals surface area contributed by atoms with Gasteiger partial charge in [0.15, 0.2) is 0 Å². The fourth-order valence-corrected chi connectivity index (χ4v) is 1.59. The van der Waals surface area contributed by atoms with Gasteiger partial charge in [-0.2, -0.15) is 0 Å². The summed E-state index contributed by atoms with van der Waals surface area (Å²) in [6.45, 7) is 0.480. The van der Waals surface area contributed by atoms with Crippen LogP contribution in [0.1, 0.15) is 18.1 Å². The van der Waals surface area contributed by atoms with Crippen LogP contribution in [0.4, 0.5) is 0 Å². The second-order valence-electron chi connectivity index (χ2n) is 3.55. The number of aliphatic hydroxyl groups excluding tert-OH is 1. The molecule has 0 aliphatic heterocycles. The predicted octanol–water partition coefficient (Wildman–Crippen LogP) is 1.62. The van der Waals surface area contributed by atoms with Gasteiger partial charge in [-0.15, -0.1) is 0 Å². The highest BCUT2D eigenvalue weighted by Gasteiger charge is 2.07. The Bertz CT molecular complexity index is 456. The van der Waals surface area contributed by atoms with Gasteiger partial charge < -0.3 is 10.8 Å². The Hall–Kier alpha value is -1.45. The number of para-hydroxylation sites is 1. The summed E-state index contributed by atoms with van der Waals surface area (Å²) in [6, 6.07) is 9.81. The van der Waals surface area contributed by atoms with Gasteiger partial charge in [-0.05, 0) is 30.7 Å². The average molecular weight is 202 g/mol. The number of nitrogens with two attached hydrogens (primary N) is 1. The molecule has 3 nitrogen and oxygen atoms in total. The first-order chi connectivity index (χ1) is 7.31. The Morgan fingerprint density at radius 2 is 2.13 bits per heavy atom. The lowest BCUT2D eigenvalue weighted by atomic mass is 10.1. The number of hydrogen-bond acceptors (Lipinski definition) is 3. The number of hydrogen-bond donors (Lipinski definition) is 2. The monoisotopic (exact) mass is 202 g/mol. The van der Waals surface area contributed by atoms with E-state index in [1.54, 1.807) is 6.20 Å². The van der Waals surface area contributed by atoms with Crippen molar-refractivity contribution in [2.45, 2.75) is 12.5 Å². The molecule has 2 aromatic rings. The lowest BCUT2D eigenvalue weighted by molar-refractivity contribution is 0.170. The molecule has 3 heteroatoms. The SMILES string of the molecule is NCC[C@H](O)c1cnc2ccccc2c1. The second kappa shape index (κ2) is 4.38. The average Bonchev–Trinajstić information content (AvgIpc) is 2.29. The van der Waals surface area contributed by atoms with Crippen molar-refractivity contribution in [3.8, 4) is 0 Å². The summed E-state index contributed by atoms with van der Waals surface area (Å²) in [7, 11) is 0. The Labute approximate surface area is 88.6 Å². The molecule has 0 unspecified atom stereocenters. The summed E-state index contributed by atoms with van der Waals surface area (Å²) >= 11 is 0. The molecule has 0 aliphatic rings. The Morgan fingerprint density at radius 1 is 1.33 bits per heavy atom. The van der Waals surface area contributed by atoms with Crippen molar-refractivity contribution in [2.24, 2.45) is 5.73 Å². The second-order valence-corrected chi connectivity index (χ2v) is 3.55. The number of pyridine rings is 1. The predicted molar refractivity (Wildman–Crippen MR) is 60.4 cm³/mol. The Balaban J connectivity index is 2.38. The smallest absolute Gasteiger partial charge is 0.0817 e. The van der Waals surface area contributed by atoms with Crippen molar-refractivity contribution in [1.82, 2.24) is 4.98 Å². The minimum atomic E-state index is -0.507. The standard InChI is InChI=1S/C12H14N2O/c13-6-5-12(15)10-7-9-3-1-2-4-11(9)14-8-10/h1-4,7-8,12,15H,5-6,13H2/t12-/m0/s1. The van der Waals surface area contributed by atoms with Gasteiger partial charge in [0.2, 0.25) is 0 Å². The largest absolute Gasteiger partial charge is 0.388 e. The van der Waals surface area contributed by atoms with Crippen LogP contribution in [-0.4, -0.2) is 16.6 Å². The van der Waals surface area contributed by atoms with E-state index in [2.05, 4.69) is 4.98 Å².